The zero-order chi connectivity index (χ0) is 19.0. The van der Waals surface area contributed by atoms with Crippen molar-refractivity contribution in [1.82, 2.24) is 4.90 Å². The molecule has 0 aromatic heterocycles. The molecule has 2 amide bonds. The Morgan fingerprint density at radius 3 is 2.63 bits per heavy atom. The van der Waals surface area contributed by atoms with Crippen molar-refractivity contribution in [2.45, 2.75) is 6.42 Å². The van der Waals surface area contributed by atoms with Gasteiger partial charge in [0.25, 0.3) is 5.91 Å². The van der Waals surface area contributed by atoms with Crippen LogP contribution in [0, 0.1) is 0 Å². The van der Waals surface area contributed by atoms with Gasteiger partial charge >= 0.3 is 0 Å². The SMILES string of the molecule is Nc1ccc(OCCN2C(=O)Cc3ccc4ccccc4c3C2=O)c(N)c1. The molecule has 1 heterocycles. The van der Waals surface area contributed by atoms with Gasteiger partial charge in [0.1, 0.15) is 12.4 Å². The molecule has 136 valence electrons. The highest BCUT2D eigenvalue weighted by Gasteiger charge is 2.32. The predicted molar refractivity (Wildman–Crippen MR) is 104 cm³/mol. The second-order valence-electron chi connectivity index (χ2n) is 6.49. The zero-order valence-electron chi connectivity index (χ0n) is 14.6. The number of carbonyl (C=O) groups is 2. The molecule has 0 radical (unpaired) electrons. The van der Waals surface area contributed by atoms with E-state index in [1.165, 1.54) is 4.90 Å². The lowest BCUT2D eigenvalue weighted by molar-refractivity contribution is -0.128. The van der Waals surface area contributed by atoms with Gasteiger partial charge in [-0.2, -0.15) is 0 Å². The summed E-state index contributed by atoms with van der Waals surface area (Å²) in [5.41, 5.74) is 13.9. The fraction of sp³-hybridized carbons (Fsp3) is 0.143. The highest BCUT2D eigenvalue weighted by atomic mass is 16.5. The van der Waals surface area contributed by atoms with E-state index < -0.39 is 0 Å². The summed E-state index contributed by atoms with van der Waals surface area (Å²) >= 11 is 0. The van der Waals surface area contributed by atoms with Crippen LogP contribution in [-0.4, -0.2) is 29.9 Å². The van der Waals surface area contributed by atoms with E-state index in [1.807, 2.05) is 36.4 Å². The molecule has 0 fully saturated rings. The molecule has 3 aromatic carbocycles. The topological polar surface area (TPSA) is 98.6 Å². The lowest BCUT2D eigenvalue weighted by Crippen LogP contribution is -2.44. The van der Waals surface area contributed by atoms with Gasteiger partial charge in [-0.15, -0.1) is 0 Å². The summed E-state index contributed by atoms with van der Waals surface area (Å²) in [5.74, 6) is -0.0319. The minimum absolute atomic E-state index is 0.157. The zero-order valence-corrected chi connectivity index (χ0v) is 14.6. The Morgan fingerprint density at radius 2 is 1.81 bits per heavy atom. The molecule has 0 aliphatic carbocycles. The number of hydrogen-bond acceptors (Lipinski definition) is 5. The minimum atomic E-state index is -0.285. The number of amides is 2. The van der Waals surface area contributed by atoms with Crippen LogP contribution in [-0.2, 0) is 11.2 Å². The summed E-state index contributed by atoms with van der Waals surface area (Å²) in [4.78, 5) is 26.7. The van der Waals surface area contributed by atoms with Crippen LogP contribution >= 0.6 is 0 Å². The third-order valence-corrected chi connectivity index (χ3v) is 4.72. The van der Waals surface area contributed by atoms with Gasteiger partial charge < -0.3 is 16.2 Å². The van der Waals surface area contributed by atoms with Crippen LogP contribution in [0.4, 0.5) is 11.4 Å². The molecule has 0 spiro atoms. The quantitative estimate of drug-likeness (QED) is 0.550. The number of nitrogens with zero attached hydrogens (tertiary/aromatic N) is 1. The standard InChI is InChI=1S/C21H19N3O3/c22-15-7-8-18(17(23)12-15)27-10-9-24-19(25)11-14-6-5-13-3-1-2-4-16(13)20(14)21(24)26/h1-8,12H,9-11,22-23H2. The van der Waals surface area contributed by atoms with Gasteiger partial charge in [-0.1, -0.05) is 36.4 Å². The number of anilines is 2. The molecular formula is C21H19N3O3. The van der Waals surface area contributed by atoms with E-state index >= 15 is 0 Å². The number of fused-ring (bicyclic) bond motifs is 3. The smallest absolute Gasteiger partial charge is 0.261 e. The monoisotopic (exact) mass is 361 g/mol. The van der Waals surface area contributed by atoms with Gasteiger partial charge in [0, 0.05) is 5.69 Å². The number of ether oxygens (including phenoxy) is 1. The molecule has 0 saturated heterocycles. The number of hydrogen-bond donors (Lipinski definition) is 2. The summed E-state index contributed by atoms with van der Waals surface area (Å²) in [6.45, 7) is 0.315. The summed E-state index contributed by atoms with van der Waals surface area (Å²) in [6.07, 6.45) is 0.204. The Morgan fingerprint density at radius 1 is 1.00 bits per heavy atom. The minimum Gasteiger partial charge on any atom is -0.490 e. The largest absolute Gasteiger partial charge is 0.490 e. The van der Waals surface area contributed by atoms with Crippen molar-refractivity contribution in [1.29, 1.82) is 0 Å². The average molecular weight is 361 g/mol. The van der Waals surface area contributed by atoms with E-state index in [0.29, 0.717) is 22.7 Å². The normalized spacial score (nSPS) is 13.7. The van der Waals surface area contributed by atoms with Crippen LogP contribution in [0.2, 0.25) is 0 Å². The lowest BCUT2D eigenvalue weighted by atomic mass is 9.93. The highest BCUT2D eigenvalue weighted by Crippen LogP contribution is 2.28. The average Bonchev–Trinajstić information content (AvgIpc) is 2.65. The number of nitrogen functional groups attached to an aromatic ring is 2. The molecule has 6 nitrogen and oxygen atoms in total. The second kappa shape index (κ2) is 6.64. The Balaban J connectivity index is 1.55. The van der Waals surface area contributed by atoms with Gasteiger partial charge in [0.15, 0.2) is 0 Å². The third-order valence-electron chi connectivity index (χ3n) is 4.72. The van der Waals surface area contributed by atoms with Crippen molar-refractivity contribution in [2.75, 3.05) is 24.6 Å². The Kier molecular flexibility index (Phi) is 4.16. The van der Waals surface area contributed by atoms with Crippen molar-refractivity contribution in [3.63, 3.8) is 0 Å². The molecule has 6 heteroatoms. The maximum absolute atomic E-state index is 13.0. The van der Waals surface area contributed by atoms with Crippen LogP contribution in [0.25, 0.3) is 10.8 Å². The van der Waals surface area contributed by atoms with E-state index in [9.17, 15) is 9.59 Å². The van der Waals surface area contributed by atoms with Crippen molar-refractivity contribution in [3.8, 4) is 5.75 Å². The fourth-order valence-corrected chi connectivity index (χ4v) is 3.39. The molecule has 0 saturated carbocycles. The molecule has 0 atom stereocenters. The van der Waals surface area contributed by atoms with Gasteiger partial charge in [0.05, 0.1) is 24.2 Å². The van der Waals surface area contributed by atoms with Crippen LogP contribution < -0.4 is 16.2 Å². The molecular weight excluding hydrogens is 342 g/mol. The van der Waals surface area contributed by atoms with Crippen molar-refractivity contribution in [3.05, 3.63) is 65.7 Å². The first-order chi connectivity index (χ1) is 13.0. The molecule has 1 aliphatic rings. The Hall–Kier alpha value is -3.54. The number of nitrogens with two attached hydrogens (primary N) is 2. The predicted octanol–water partition coefficient (Wildman–Crippen LogP) is 2.61. The number of carbonyl (C=O) groups excluding carboxylic acids is 2. The molecule has 0 unspecified atom stereocenters. The number of imide groups is 1. The van der Waals surface area contributed by atoms with Crippen LogP contribution in [0.3, 0.4) is 0 Å². The first-order valence-electron chi connectivity index (χ1n) is 8.68. The van der Waals surface area contributed by atoms with E-state index in [1.54, 1.807) is 18.2 Å². The second-order valence-corrected chi connectivity index (χ2v) is 6.49. The number of rotatable bonds is 4. The molecule has 27 heavy (non-hydrogen) atoms. The molecule has 4 rings (SSSR count). The van der Waals surface area contributed by atoms with Gasteiger partial charge in [-0.25, -0.2) is 0 Å². The van der Waals surface area contributed by atoms with Crippen molar-refractivity contribution < 1.29 is 14.3 Å². The fourth-order valence-electron chi connectivity index (χ4n) is 3.39. The third kappa shape index (κ3) is 3.06. The van der Waals surface area contributed by atoms with Gasteiger partial charge in [0.2, 0.25) is 5.91 Å². The number of benzene rings is 3. The molecule has 0 bridgehead atoms. The Labute approximate surface area is 156 Å². The molecule has 3 aromatic rings. The van der Waals surface area contributed by atoms with E-state index in [4.69, 9.17) is 16.2 Å². The van der Waals surface area contributed by atoms with Crippen LogP contribution in [0.5, 0.6) is 5.75 Å². The van der Waals surface area contributed by atoms with Crippen LogP contribution in [0.1, 0.15) is 15.9 Å². The van der Waals surface area contributed by atoms with Crippen molar-refractivity contribution >= 4 is 34.0 Å². The molecule has 4 N–H and O–H groups in total. The summed E-state index contributed by atoms with van der Waals surface area (Å²) in [5, 5.41) is 1.84. The first-order valence-corrected chi connectivity index (χ1v) is 8.68. The highest BCUT2D eigenvalue weighted by molar-refractivity contribution is 6.16. The van der Waals surface area contributed by atoms with E-state index in [2.05, 4.69) is 0 Å². The van der Waals surface area contributed by atoms with Crippen molar-refractivity contribution in [2.24, 2.45) is 0 Å². The maximum atomic E-state index is 13.0. The maximum Gasteiger partial charge on any atom is 0.261 e. The lowest BCUT2D eigenvalue weighted by Gasteiger charge is -2.27. The van der Waals surface area contributed by atoms with E-state index in [-0.39, 0.29) is 31.4 Å². The van der Waals surface area contributed by atoms with Crippen LogP contribution in [0.15, 0.2) is 54.6 Å². The summed E-state index contributed by atoms with van der Waals surface area (Å²) in [7, 11) is 0. The first kappa shape index (κ1) is 16.9. The van der Waals surface area contributed by atoms with Gasteiger partial charge in [-0.3, -0.25) is 14.5 Å². The summed E-state index contributed by atoms with van der Waals surface area (Å²) < 4.78 is 5.64. The Bertz CT molecular complexity index is 1060. The molecule has 1 aliphatic heterocycles. The van der Waals surface area contributed by atoms with Gasteiger partial charge in [-0.05, 0) is 34.5 Å². The van der Waals surface area contributed by atoms with E-state index in [0.717, 1.165) is 16.3 Å². The summed E-state index contributed by atoms with van der Waals surface area (Å²) in [6, 6.07) is 16.4.